The number of rotatable bonds is 8. The van der Waals surface area contributed by atoms with E-state index in [1.807, 2.05) is 42.5 Å². The van der Waals surface area contributed by atoms with Crippen molar-refractivity contribution in [3.63, 3.8) is 0 Å². The molecule has 0 radical (unpaired) electrons. The van der Waals surface area contributed by atoms with E-state index in [0.717, 1.165) is 10.0 Å². The molecule has 0 spiro atoms. The number of amides is 2. The summed E-state index contributed by atoms with van der Waals surface area (Å²) in [6, 6.07) is 24.4. The molecule has 3 aromatic carbocycles. The van der Waals surface area contributed by atoms with Gasteiger partial charge in [-0.1, -0.05) is 60.7 Å². The highest BCUT2D eigenvalue weighted by Gasteiger charge is 2.20. The molecule has 2 amide bonds. The summed E-state index contributed by atoms with van der Waals surface area (Å²) in [6.07, 6.45) is -0.106. The lowest BCUT2D eigenvalue weighted by atomic mass is 10.0. The maximum atomic E-state index is 12.6. The SMILES string of the molecule is O=C(COC(=O)C[C@@H](NC(=O)c1ccccc1)c1ccccc1)Nc1ccccc1Br. The number of nitrogens with one attached hydrogen (secondary N) is 2. The van der Waals surface area contributed by atoms with E-state index in [1.54, 1.807) is 42.5 Å². The van der Waals surface area contributed by atoms with E-state index in [-0.39, 0.29) is 12.3 Å². The van der Waals surface area contributed by atoms with Gasteiger partial charge in [-0.05, 0) is 45.8 Å². The summed E-state index contributed by atoms with van der Waals surface area (Å²) in [4.78, 5) is 37.1. The highest BCUT2D eigenvalue weighted by Crippen LogP contribution is 2.21. The fourth-order valence-corrected chi connectivity index (χ4v) is 3.27. The minimum atomic E-state index is -0.593. The Bertz CT molecular complexity index is 1040. The van der Waals surface area contributed by atoms with E-state index in [9.17, 15) is 14.4 Å². The summed E-state index contributed by atoms with van der Waals surface area (Å²) < 4.78 is 5.86. The summed E-state index contributed by atoms with van der Waals surface area (Å²) >= 11 is 3.34. The highest BCUT2D eigenvalue weighted by atomic mass is 79.9. The number of benzene rings is 3. The topological polar surface area (TPSA) is 84.5 Å². The lowest BCUT2D eigenvalue weighted by molar-refractivity contribution is -0.147. The van der Waals surface area contributed by atoms with Gasteiger partial charge in [0.25, 0.3) is 11.8 Å². The standard InChI is InChI=1S/C24H21BrN2O4/c25-19-13-7-8-14-20(19)26-22(28)16-31-23(29)15-21(17-9-3-1-4-10-17)27-24(30)18-11-5-2-6-12-18/h1-14,21H,15-16H2,(H,26,28)(H,27,30)/t21-/m1/s1. The molecule has 0 aliphatic carbocycles. The molecule has 0 unspecified atom stereocenters. The molecule has 3 aromatic rings. The van der Waals surface area contributed by atoms with Gasteiger partial charge in [-0.2, -0.15) is 0 Å². The molecule has 0 heterocycles. The van der Waals surface area contributed by atoms with Crippen molar-refractivity contribution in [2.75, 3.05) is 11.9 Å². The van der Waals surface area contributed by atoms with E-state index >= 15 is 0 Å². The lowest BCUT2D eigenvalue weighted by Crippen LogP contribution is -2.31. The first-order valence-corrected chi connectivity index (χ1v) is 10.4. The molecule has 0 aliphatic heterocycles. The van der Waals surface area contributed by atoms with Gasteiger partial charge >= 0.3 is 5.97 Å². The number of anilines is 1. The van der Waals surface area contributed by atoms with Crippen LogP contribution in [-0.4, -0.2) is 24.4 Å². The zero-order valence-corrected chi connectivity index (χ0v) is 18.2. The molecule has 0 aliphatic rings. The van der Waals surface area contributed by atoms with Crippen LogP contribution in [0.4, 0.5) is 5.69 Å². The fraction of sp³-hybridized carbons (Fsp3) is 0.125. The van der Waals surface area contributed by atoms with Gasteiger partial charge < -0.3 is 15.4 Å². The molecule has 158 valence electrons. The van der Waals surface area contributed by atoms with Gasteiger partial charge in [0.2, 0.25) is 0 Å². The van der Waals surface area contributed by atoms with Crippen molar-refractivity contribution in [3.8, 4) is 0 Å². The maximum absolute atomic E-state index is 12.6. The number of halogens is 1. The van der Waals surface area contributed by atoms with Crippen LogP contribution in [0.25, 0.3) is 0 Å². The van der Waals surface area contributed by atoms with Crippen LogP contribution in [0.5, 0.6) is 0 Å². The molecule has 0 saturated carbocycles. The van der Waals surface area contributed by atoms with Gasteiger partial charge in [-0.25, -0.2) is 0 Å². The van der Waals surface area contributed by atoms with Crippen LogP contribution in [0.3, 0.4) is 0 Å². The molecule has 2 N–H and O–H groups in total. The smallest absolute Gasteiger partial charge is 0.308 e. The van der Waals surface area contributed by atoms with Crippen molar-refractivity contribution in [3.05, 3.63) is 101 Å². The Morgan fingerprint density at radius 3 is 2.13 bits per heavy atom. The van der Waals surface area contributed by atoms with E-state index in [2.05, 4.69) is 26.6 Å². The third-order valence-corrected chi connectivity index (χ3v) is 5.12. The Labute approximate surface area is 188 Å². The minimum Gasteiger partial charge on any atom is -0.455 e. The summed E-state index contributed by atoms with van der Waals surface area (Å²) in [5.41, 5.74) is 1.84. The normalized spacial score (nSPS) is 11.3. The van der Waals surface area contributed by atoms with Crippen molar-refractivity contribution in [1.29, 1.82) is 0 Å². The Hall–Kier alpha value is -3.45. The zero-order chi connectivity index (χ0) is 22.1. The molecule has 0 bridgehead atoms. The summed E-state index contributed by atoms with van der Waals surface area (Å²) in [5, 5.41) is 5.54. The molecule has 1 atom stereocenters. The number of ether oxygens (including phenoxy) is 1. The predicted molar refractivity (Wildman–Crippen MR) is 121 cm³/mol. The molecule has 3 rings (SSSR count). The second-order valence-corrected chi connectivity index (χ2v) is 7.55. The fourth-order valence-electron chi connectivity index (χ4n) is 2.89. The monoisotopic (exact) mass is 480 g/mol. The van der Waals surface area contributed by atoms with Crippen LogP contribution in [0.1, 0.15) is 28.4 Å². The van der Waals surface area contributed by atoms with Gasteiger partial charge in [0.15, 0.2) is 6.61 Å². The number of hydrogen-bond acceptors (Lipinski definition) is 4. The van der Waals surface area contributed by atoms with E-state index in [1.165, 1.54) is 0 Å². The van der Waals surface area contributed by atoms with Crippen LogP contribution in [0, 0.1) is 0 Å². The third kappa shape index (κ3) is 6.79. The average Bonchev–Trinajstić information content (AvgIpc) is 2.80. The Morgan fingerprint density at radius 2 is 1.45 bits per heavy atom. The summed E-state index contributed by atoms with van der Waals surface area (Å²) in [6.45, 7) is -0.422. The van der Waals surface area contributed by atoms with Crippen LogP contribution in [0.2, 0.25) is 0 Å². The number of carbonyl (C=O) groups is 3. The van der Waals surface area contributed by atoms with Crippen molar-refractivity contribution in [1.82, 2.24) is 5.32 Å². The molecule has 0 aromatic heterocycles. The molecule has 6 nitrogen and oxygen atoms in total. The second-order valence-electron chi connectivity index (χ2n) is 6.70. The van der Waals surface area contributed by atoms with Gasteiger partial charge in [-0.15, -0.1) is 0 Å². The Balaban J connectivity index is 1.60. The van der Waals surface area contributed by atoms with Crippen molar-refractivity contribution < 1.29 is 19.1 Å². The van der Waals surface area contributed by atoms with Crippen molar-refractivity contribution in [2.45, 2.75) is 12.5 Å². The summed E-state index contributed by atoms with van der Waals surface area (Å²) in [7, 11) is 0. The molecular weight excluding hydrogens is 460 g/mol. The third-order valence-electron chi connectivity index (χ3n) is 4.43. The number of para-hydroxylation sites is 1. The van der Waals surface area contributed by atoms with Gasteiger partial charge in [0, 0.05) is 10.0 Å². The Kier molecular flexibility index (Phi) is 7.95. The zero-order valence-electron chi connectivity index (χ0n) is 16.6. The number of esters is 1. The largest absolute Gasteiger partial charge is 0.455 e. The van der Waals surface area contributed by atoms with Gasteiger partial charge in [0.1, 0.15) is 0 Å². The van der Waals surface area contributed by atoms with Crippen LogP contribution < -0.4 is 10.6 Å². The van der Waals surface area contributed by atoms with E-state index in [0.29, 0.717) is 11.3 Å². The predicted octanol–water partition coefficient (Wildman–Crippen LogP) is 4.49. The first-order valence-electron chi connectivity index (χ1n) is 9.64. The highest BCUT2D eigenvalue weighted by molar-refractivity contribution is 9.10. The molecule has 7 heteroatoms. The molecule has 0 fully saturated rings. The van der Waals surface area contributed by atoms with Crippen LogP contribution in [-0.2, 0) is 14.3 Å². The van der Waals surface area contributed by atoms with Crippen molar-refractivity contribution in [2.24, 2.45) is 0 Å². The lowest BCUT2D eigenvalue weighted by Gasteiger charge is -2.19. The van der Waals surface area contributed by atoms with Crippen LogP contribution >= 0.6 is 15.9 Å². The minimum absolute atomic E-state index is 0.106. The van der Waals surface area contributed by atoms with E-state index < -0.39 is 24.5 Å². The first kappa shape index (κ1) is 22.2. The Morgan fingerprint density at radius 1 is 0.839 bits per heavy atom. The van der Waals surface area contributed by atoms with E-state index in [4.69, 9.17) is 4.74 Å². The van der Waals surface area contributed by atoms with Crippen LogP contribution in [0.15, 0.2) is 89.4 Å². The molecule has 0 saturated heterocycles. The first-order chi connectivity index (χ1) is 15.0. The number of carbonyl (C=O) groups excluding carboxylic acids is 3. The molecule has 31 heavy (non-hydrogen) atoms. The molecular formula is C24H21BrN2O4. The second kappa shape index (κ2) is 11.1. The van der Waals surface area contributed by atoms with Gasteiger partial charge in [-0.3, -0.25) is 14.4 Å². The summed E-state index contributed by atoms with van der Waals surface area (Å²) in [5.74, 6) is -1.34. The van der Waals surface area contributed by atoms with Crippen molar-refractivity contribution >= 4 is 39.4 Å². The number of hydrogen-bond donors (Lipinski definition) is 2. The van der Waals surface area contributed by atoms with Gasteiger partial charge in [0.05, 0.1) is 18.2 Å². The quantitative estimate of drug-likeness (QED) is 0.465. The average molecular weight is 481 g/mol. The maximum Gasteiger partial charge on any atom is 0.308 e.